The fraction of sp³-hybridized carbons (Fsp3) is 0.429. The van der Waals surface area contributed by atoms with E-state index in [1.165, 1.54) is 6.39 Å². The third-order valence-electron chi connectivity index (χ3n) is 2.88. The topological polar surface area (TPSA) is 55.1 Å². The van der Waals surface area contributed by atoms with Crippen LogP contribution in [0.5, 0.6) is 0 Å². The Balaban J connectivity index is 1.87. The van der Waals surface area contributed by atoms with E-state index in [0.717, 1.165) is 29.5 Å². The molecule has 0 bridgehead atoms. The average molecular weight is 246 g/mol. The summed E-state index contributed by atoms with van der Waals surface area (Å²) in [7, 11) is 0. The molecule has 0 spiro atoms. The summed E-state index contributed by atoms with van der Waals surface area (Å²) in [5.74, 6) is 0.149. The fourth-order valence-electron chi connectivity index (χ4n) is 1.84. The van der Waals surface area contributed by atoms with Crippen LogP contribution in [0.1, 0.15) is 25.8 Å². The van der Waals surface area contributed by atoms with E-state index < -0.39 is 0 Å². The van der Waals surface area contributed by atoms with Gasteiger partial charge in [-0.3, -0.25) is 4.79 Å². The number of para-hydroxylation sites is 1. The molecule has 0 fully saturated rings. The summed E-state index contributed by atoms with van der Waals surface area (Å²) in [5.41, 5.74) is 2.88. The predicted octanol–water partition coefficient (Wildman–Crippen LogP) is 2.53. The van der Waals surface area contributed by atoms with E-state index in [2.05, 4.69) is 10.3 Å². The number of carbonyl (C=O) groups excluding carboxylic acids is 1. The summed E-state index contributed by atoms with van der Waals surface area (Å²) >= 11 is 0. The highest BCUT2D eigenvalue weighted by Crippen LogP contribution is 2.18. The second-order valence-corrected chi connectivity index (χ2v) is 4.67. The number of amides is 1. The van der Waals surface area contributed by atoms with Crippen LogP contribution in [0, 0.1) is 5.92 Å². The van der Waals surface area contributed by atoms with Crippen molar-refractivity contribution in [2.45, 2.75) is 26.7 Å². The molecule has 0 aliphatic rings. The van der Waals surface area contributed by atoms with Crippen LogP contribution in [0.2, 0.25) is 0 Å². The number of benzene rings is 1. The van der Waals surface area contributed by atoms with E-state index in [1.807, 2.05) is 32.0 Å². The number of nitrogens with one attached hydrogen (secondary N) is 1. The van der Waals surface area contributed by atoms with Gasteiger partial charge in [0.1, 0.15) is 5.52 Å². The maximum atomic E-state index is 11.4. The van der Waals surface area contributed by atoms with Crippen LogP contribution >= 0.6 is 0 Å². The number of hydrogen-bond donors (Lipinski definition) is 1. The molecule has 4 heteroatoms. The van der Waals surface area contributed by atoms with Gasteiger partial charge in [0, 0.05) is 12.5 Å². The number of fused-ring (bicyclic) bond motifs is 1. The highest BCUT2D eigenvalue weighted by Gasteiger charge is 2.07. The number of nitrogens with zero attached hydrogens (tertiary/aromatic N) is 1. The van der Waals surface area contributed by atoms with Crippen LogP contribution in [0.4, 0.5) is 0 Å². The SMILES string of the molecule is CC(C)C(=O)NCCCc1cccc2ncoc12. The quantitative estimate of drug-likeness (QED) is 0.825. The monoisotopic (exact) mass is 246 g/mol. The molecule has 1 heterocycles. The van der Waals surface area contributed by atoms with Crippen LogP contribution < -0.4 is 5.32 Å². The Morgan fingerprint density at radius 2 is 2.28 bits per heavy atom. The number of aromatic nitrogens is 1. The first-order chi connectivity index (χ1) is 8.68. The van der Waals surface area contributed by atoms with Crippen molar-refractivity contribution in [3.63, 3.8) is 0 Å². The Morgan fingerprint density at radius 3 is 3.06 bits per heavy atom. The van der Waals surface area contributed by atoms with Crippen molar-refractivity contribution in [1.82, 2.24) is 10.3 Å². The lowest BCUT2D eigenvalue weighted by atomic mass is 10.1. The first-order valence-corrected chi connectivity index (χ1v) is 6.27. The lowest BCUT2D eigenvalue weighted by Crippen LogP contribution is -2.28. The Bertz CT molecular complexity index is 531. The number of aryl methyl sites for hydroxylation is 1. The molecule has 1 amide bonds. The largest absolute Gasteiger partial charge is 0.443 e. The Hall–Kier alpha value is -1.84. The smallest absolute Gasteiger partial charge is 0.222 e. The van der Waals surface area contributed by atoms with Crippen LogP contribution in [-0.4, -0.2) is 17.4 Å². The van der Waals surface area contributed by atoms with Crippen molar-refractivity contribution in [2.24, 2.45) is 5.92 Å². The molecule has 18 heavy (non-hydrogen) atoms. The van der Waals surface area contributed by atoms with Gasteiger partial charge in [-0.15, -0.1) is 0 Å². The van der Waals surface area contributed by atoms with Gasteiger partial charge in [-0.05, 0) is 24.5 Å². The van der Waals surface area contributed by atoms with Gasteiger partial charge in [0.2, 0.25) is 5.91 Å². The van der Waals surface area contributed by atoms with Crippen molar-refractivity contribution in [2.75, 3.05) is 6.54 Å². The van der Waals surface area contributed by atoms with Crippen molar-refractivity contribution in [3.05, 3.63) is 30.2 Å². The van der Waals surface area contributed by atoms with E-state index in [4.69, 9.17) is 4.42 Å². The molecule has 1 aromatic heterocycles. The molecule has 0 atom stereocenters. The molecular formula is C14H18N2O2. The highest BCUT2D eigenvalue weighted by atomic mass is 16.3. The Labute approximate surface area is 106 Å². The van der Waals surface area contributed by atoms with E-state index in [0.29, 0.717) is 6.54 Å². The maximum absolute atomic E-state index is 11.4. The minimum Gasteiger partial charge on any atom is -0.443 e. The zero-order valence-electron chi connectivity index (χ0n) is 10.8. The predicted molar refractivity (Wildman–Crippen MR) is 70.2 cm³/mol. The van der Waals surface area contributed by atoms with E-state index in [1.54, 1.807) is 0 Å². The lowest BCUT2D eigenvalue weighted by molar-refractivity contribution is -0.123. The van der Waals surface area contributed by atoms with Crippen LogP contribution in [0.25, 0.3) is 11.1 Å². The first-order valence-electron chi connectivity index (χ1n) is 6.27. The van der Waals surface area contributed by atoms with Crippen molar-refractivity contribution < 1.29 is 9.21 Å². The van der Waals surface area contributed by atoms with Gasteiger partial charge in [-0.25, -0.2) is 4.98 Å². The summed E-state index contributed by atoms with van der Waals surface area (Å²) < 4.78 is 5.37. The minimum absolute atomic E-state index is 0.0442. The fourth-order valence-corrected chi connectivity index (χ4v) is 1.84. The van der Waals surface area contributed by atoms with Crippen molar-refractivity contribution in [3.8, 4) is 0 Å². The van der Waals surface area contributed by atoms with Crippen molar-refractivity contribution >= 4 is 17.0 Å². The maximum Gasteiger partial charge on any atom is 0.222 e. The molecule has 4 nitrogen and oxygen atoms in total. The molecule has 96 valence electrons. The van der Waals surface area contributed by atoms with Crippen LogP contribution in [0.3, 0.4) is 0 Å². The van der Waals surface area contributed by atoms with Gasteiger partial charge in [-0.1, -0.05) is 26.0 Å². The first kappa shape index (κ1) is 12.6. The molecular weight excluding hydrogens is 228 g/mol. The highest BCUT2D eigenvalue weighted by molar-refractivity contribution is 5.78. The summed E-state index contributed by atoms with van der Waals surface area (Å²) in [5, 5.41) is 2.91. The average Bonchev–Trinajstić information content (AvgIpc) is 2.83. The van der Waals surface area contributed by atoms with Gasteiger partial charge < -0.3 is 9.73 Å². The zero-order valence-corrected chi connectivity index (χ0v) is 10.8. The lowest BCUT2D eigenvalue weighted by Gasteiger charge is -2.07. The van der Waals surface area contributed by atoms with E-state index in [9.17, 15) is 4.79 Å². The van der Waals surface area contributed by atoms with Gasteiger partial charge in [0.05, 0.1) is 0 Å². The van der Waals surface area contributed by atoms with E-state index >= 15 is 0 Å². The normalized spacial score (nSPS) is 11.1. The molecule has 0 radical (unpaired) electrons. The summed E-state index contributed by atoms with van der Waals surface area (Å²) in [6.45, 7) is 4.48. The van der Waals surface area contributed by atoms with Gasteiger partial charge in [0.25, 0.3) is 0 Å². The van der Waals surface area contributed by atoms with Crippen LogP contribution in [-0.2, 0) is 11.2 Å². The molecule has 0 aliphatic heterocycles. The van der Waals surface area contributed by atoms with Gasteiger partial charge in [-0.2, -0.15) is 0 Å². The molecule has 1 N–H and O–H groups in total. The van der Waals surface area contributed by atoms with E-state index in [-0.39, 0.29) is 11.8 Å². The Kier molecular flexibility index (Phi) is 3.97. The minimum atomic E-state index is 0.0442. The molecule has 0 unspecified atom stereocenters. The number of carbonyl (C=O) groups is 1. The molecule has 0 aliphatic carbocycles. The molecule has 2 rings (SSSR count). The third kappa shape index (κ3) is 2.88. The molecule has 0 saturated heterocycles. The molecule has 2 aromatic rings. The zero-order chi connectivity index (χ0) is 13.0. The summed E-state index contributed by atoms with van der Waals surface area (Å²) in [6, 6.07) is 5.95. The Morgan fingerprint density at radius 1 is 1.44 bits per heavy atom. The number of rotatable bonds is 5. The second-order valence-electron chi connectivity index (χ2n) is 4.67. The van der Waals surface area contributed by atoms with Gasteiger partial charge >= 0.3 is 0 Å². The van der Waals surface area contributed by atoms with Gasteiger partial charge in [0.15, 0.2) is 12.0 Å². The summed E-state index contributed by atoms with van der Waals surface area (Å²) in [6.07, 6.45) is 3.25. The van der Waals surface area contributed by atoms with Crippen LogP contribution in [0.15, 0.2) is 29.0 Å². The molecule has 0 saturated carbocycles. The van der Waals surface area contributed by atoms with Crippen molar-refractivity contribution in [1.29, 1.82) is 0 Å². The number of oxazole rings is 1. The second kappa shape index (κ2) is 5.67. The number of hydrogen-bond acceptors (Lipinski definition) is 3. The summed E-state index contributed by atoms with van der Waals surface area (Å²) in [4.78, 5) is 15.5. The standard InChI is InChI=1S/C14H18N2O2/c1-10(2)14(17)15-8-4-6-11-5-3-7-12-13(11)18-9-16-12/h3,5,7,9-10H,4,6,8H2,1-2H3,(H,15,17). The third-order valence-corrected chi connectivity index (χ3v) is 2.88. The molecule has 1 aromatic carbocycles.